The van der Waals surface area contributed by atoms with Crippen molar-refractivity contribution in [3.63, 3.8) is 0 Å². The van der Waals surface area contributed by atoms with Gasteiger partial charge < -0.3 is 15.3 Å². The van der Waals surface area contributed by atoms with Gasteiger partial charge in [0.05, 0.1) is 6.54 Å². The average Bonchev–Trinajstić information content (AvgIpc) is 2.44. The maximum atomic E-state index is 11.7. The predicted molar refractivity (Wildman–Crippen MR) is 77.6 cm³/mol. The Kier molecular flexibility index (Phi) is 6.39. The number of carboxylic acid groups (broad SMARTS) is 1. The maximum absolute atomic E-state index is 11.7. The molecule has 0 saturated carbocycles. The highest BCUT2D eigenvalue weighted by atomic mass is 16.4. The molecular formula is C15H20N2O4. The molecular weight excluding hydrogens is 272 g/mol. The van der Waals surface area contributed by atoms with E-state index in [4.69, 9.17) is 5.11 Å². The van der Waals surface area contributed by atoms with Crippen molar-refractivity contribution in [3.8, 4) is 0 Å². The van der Waals surface area contributed by atoms with Crippen molar-refractivity contribution < 1.29 is 19.5 Å². The maximum Gasteiger partial charge on any atom is 0.326 e. The molecule has 1 aromatic carbocycles. The summed E-state index contributed by atoms with van der Waals surface area (Å²) >= 11 is 0. The molecule has 6 nitrogen and oxygen atoms in total. The fourth-order valence-electron chi connectivity index (χ4n) is 1.78. The molecule has 1 aromatic rings. The molecule has 0 aliphatic heterocycles. The largest absolute Gasteiger partial charge is 0.480 e. The van der Waals surface area contributed by atoms with Gasteiger partial charge in [0, 0.05) is 14.0 Å². The SMILES string of the molecule is CC(=O)N(C)CC(=O)NC(CCc1ccccc1)C(=O)O. The minimum Gasteiger partial charge on any atom is -0.480 e. The molecule has 0 aromatic heterocycles. The van der Waals surface area contributed by atoms with E-state index < -0.39 is 17.9 Å². The van der Waals surface area contributed by atoms with Gasteiger partial charge in [0.15, 0.2) is 0 Å². The van der Waals surface area contributed by atoms with E-state index in [9.17, 15) is 14.4 Å². The van der Waals surface area contributed by atoms with E-state index in [1.165, 1.54) is 18.9 Å². The second-order valence-electron chi connectivity index (χ2n) is 4.86. The third kappa shape index (κ3) is 6.07. The fraction of sp³-hybridized carbons (Fsp3) is 0.400. The summed E-state index contributed by atoms with van der Waals surface area (Å²) in [5, 5.41) is 11.6. The van der Waals surface area contributed by atoms with Gasteiger partial charge in [0.25, 0.3) is 0 Å². The van der Waals surface area contributed by atoms with Gasteiger partial charge in [0.2, 0.25) is 11.8 Å². The topological polar surface area (TPSA) is 86.7 Å². The van der Waals surface area contributed by atoms with Crippen LogP contribution in [0.4, 0.5) is 0 Å². The van der Waals surface area contributed by atoms with Crippen LogP contribution in [0.15, 0.2) is 30.3 Å². The summed E-state index contributed by atoms with van der Waals surface area (Å²) in [6, 6.07) is 8.50. The van der Waals surface area contributed by atoms with Crippen molar-refractivity contribution in [2.75, 3.05) is 13.6 Å². The Labute approximate surface area is 123 Å². The normalized spacial score (nSPS) is 11.5. The summed E-state index contributed by atoms with van der Waals surface area (Å²) in [6.45, 7) is 1.20. The highest BCUT2D eigenvalue weighted by Crippen LogP contribution is 2.05. The van der Waals surface area contributed by atoms with Crippen LogP contribution in [0.25, 0.3) is 0 Å². The lowest BCUT2D eigenvalue weighted by Gasteiger charge is -2.18. The molecule has 1 unspecified atom stereocenters. The molecule has 2 amide bonds. The van der Waals surface area contributed by atoms with Gasteiger partial charge in [-0.25, -0.2) is 4.79 Å². The highest BCUT2D eigenvalue weighted by Gasteiger charge is 2.20. The van der Waals surface area contributed by atoms with Gasteiger partial charge in [-0.2, -0.15) is 0 Å². The van der Waals surface area contributed by atoms with Gasteiger partial charge in [0.1, 0.15) is 6.04 Å². The summed E-state index contributed by atoms with van der Waals surface area (Å²) in [6.07, 6.45) is 0.857. The van der Waals surface area contributed by atoms with Crippen molar-refractivity contribution in [2.24, 2.45) is 0 Å². The number of aryl methyl sites for hydroxylation is 1. The Bertz CT molecular complexity index is 502. The minimum atomic E-state index is -1.08. The van der Waals surface area contributed by atoms with Crippen LogP contribution >= 0.6 is 0 Å². The summed E-state index contributed by atoms with van der Waals surface area (Å²) in [4.78, 5) is 35.2. The molecule has 0 heterocycles. The first kappa shape index (κ1) is 16.7. The van der Waals surface area contributed by atoms with Crippen molar-refractivity contribution in [1.29, 1.82) is 0 Å². The number of benzene rings is 1. The Hall–Kier alpha value is -2.37. The predicted octanol–water partition coefficient (Wildman–Crippen LogP) is 0.667. The first-order valence-electron chi connectivity index (χ1n) is 6.68. The van der Waals surface area contributed by atoms with Gasteiger partial charge in [-0.05, 0) is 18.4 Å². The second kappa shape index (κ2) is 8.04. The Balaban J connectivity index is 2.52. The van der Waals surface area contributed by atoms with Crippen LogP contribution in [0, 0.1) is 0 Å². The fourth-order valence-corrected chi connectivity index (χ4v) is 1.78. The molecule has 0 spiro atoms. The van der Waals surface area contributed by atoms with Crippen LogP contribution in [-0.2, 0) is 20.8 Å². The monoisotopic (exact) mass is 292 g/mol. The van der Waals surface area contributed by atoms with Crippen molar-refractivity contribution in [1.82, 2.24) is 10.2 Å². The molecule has 1 rings (SSSR count). The lowest BCUT2D eigenvalue weighted by Crippen LogP contribution is -2.45. The molecule has 0 aliphatic rings. The van der Waals surface area contributed by atoms with Crippen molar-refractivity contribution in [3.05, 3.63) is 35.9 Å². The van der Waals surface area contributed by atoms with Crippen molar-refractivity contribution >= 4 is 17.8 Å². The first-order chi connectivity index (χ1) is 9.90. The lowest BCUT2D eigenvalue weighted by atomic mass is 10.1. The van der Waals surface area contributed by atoms with E-state index in [1.807, 2.05) is 30.3 Å². The van der Waals surface area contributed by atoms with Crippen LogP contribution in [0.3, 0.4) is 0 Å². The number of aliphatic carboxylic acids is 1. The van der Waals surface area contributed by atoms with Crippen LogP contribution in [0.2, 0.25) is 0 Å². The molecule has 6 heteroatoms. The molecule has 21 heavy (non-hydrogen) atoms. The number of amides is 2. The Morgan fingerprint density at radius 2 is 1.86 bits per heavy atom. The van der Waals surface area contributed by atoms with Crippen LogP contribution in [-0.4, -0.2) is 47.4 Å². The minimum absolute atomic E-state index is 0.148. The molecule has 2 N–H and O–H groups in total. The molecule has 0 bridgehead atoms. The van der Waals surface area contributed by atoms with Crippen molar-refractivity contribution in [2.45, 2.75) is 25.8 Å². The van der Waals surface area contributed by atoms with E-state index in [1.54, 1.807) is 0 Å². The summed E-state index contributed by atoms with van der Waals surface area (Å²) < 4.78 is 0. The molecule has 114 valence electrons. The van der Waals surface area contributed by atoms with Crippen LogP contribution in [0.1, 0.15) is 18.9 Å². The zero-order chi connectivity index (χ0) is 15.8. The lowest BCUT2D eigenvalue weighted by molar-refractivity contribution is -0.142. The zero-order valence-corrected chi connectivity index (χ0v) is 12.2. The number of nitrogens with zero attached hydrogens (tertiary/aromatic N) is 1. The number of carbonyl (C=O) groups excluding carboxylic acids is 2. The third-order valence-corrected chi connectivity index (χ3v) is 3.12. The molecule has 0 radical (unpaired) electrons. The Morgan fingerprint density at radius 3 is 2.38 bits per heavy atom. The number of likely N-dealkylation sites (N-methyl/N-ethyl adjacent to an activating group) is 1. The standard InChI is InChI=1S/C15H20N2O4/c1-11(18)17(2)10-14(19)16-13(15(20)21)9-8-12-6-4-3-5-7-12/h3-7,13H,8-10H2,1-2H3,(H,16,19)(H,20,21). The zero-order valence-electron chi connectivity index (χ0n) is 12.2. The van der Waals surface area contributed by atoms with Crippen LogP contribution in [0.5, 0.6) is 0 Å². The second-order valence-corrected chi connectivity index (χ2v) is 4.86. The Morgan fingerprint density at radius 1 is 1.24 bits per heavy atom. The number of hydrogen-bond donors (Lipinski definition) is 2. The van der Waals surface area contributed by atoms with Gasteiger partial charge in [-0.15, -0.1) is 0 Å². The van der Waals surface area contributed by atoms with Crippen LogP contribution < -0.4 is 5.32 Å². The van der Waals surface area contributed by atoms with E-state index in [2.05, 4.69) is 5.32 Å². The molecule has 0 aliphatic carbocycles. The number of rotatable bonds is 7. The number of carboxylic acids is 1. The van der Waals surface area contributed by atoms with Gasteiger partial charge >= 0.3 is 5.97 Å². The van der Waals surface area contributed by atoms with Gasteiger partial charge in [-0.1, -0.05) is 30.3 Å². The van der Waals surface area contributed by atoms with E-state index in [0.29, 0.717) is 12.8 Å². The molecule has 0 fully saturated rings. The van der Waals surface area contributed by atoms with E-state index in [0.717, 1.165) is 5.56 Å². The quantitative estimate of drug-likeness (QED) is 0.773. The smallest absolute Gasteiger partial charge is 0.326 e. The average molecular weight is 292 g/mol. The summed E-state index contributed by atoms with van der Waals surface area (Å²) in [5.74, 6) is -1.81. The summed E-state index contributed by atoms with van der Waals surface area (Å²) in [5.41, 5.74) is 1.01. The number of hydrogen-bond acceptors (Lipinski definition) is 3. The number of carbonyl (C=O) groups is 3. The summed E-state index contributed by atoms with van der Waals surface area (Å²) in [7, 11) is 1.49. The number of nitrogens with one attached hydrogen (secondary N) is 1. The highest BCUT2D eigenvalue weighted by molar-refractivity contribution is 5.87. The first-order valence-corrected chi connectivity index (χ1v) is 6.68. The molecule has 0 saturated heterocycles. The van der Waals surface area contributed by atoms with Gasteiger partial charge in [-0.3, -0.25) is 9.59 Å². The van der Waals surface area contributed by atoms with E-state index in [-0.39, 0.29) is 12.5 Å². The van der Waals surface area contributed by atoms with E-state index >= 15 is 0 Å². The third-order valence-electron chi connectivity index (χ3n) is 3.12. The molecule has 1 atom stereocenters.